The Bertz CT molecular complexity index is 860. The maximum atomic E-state index is 12.6. The number of nitrogens with zero attached hydrogens (tertiary/aromatic N) is 1. The van der Waals surface area contributed by atoms with E-state index in [1.165, 1.54) is 16.7 Å². The summed E-state index contributed by atoms with van der Waals surface area (Å²) in [6.07, 6.45) is 0.0875. The fourth-order valence-corrected chi connectivity index (χ4v) is 3.97. The molecular formula is C18H14BrClN2O3S. The number of halogens is 2. The van der Waals surface area contributed by atoms with E-state index >= 15 is 0 Å². The first-order valence-electron chi connectivity index (χ1n) is 7.73. The molecule has 3 amide bonds. The van der Waals surface area contributed by atoms with Gasteiger partial charge in [0.1, 0.15) is 0 Å². The van der Waals surface area contributed by atoms with Gasteiger partial charge in [-0.2, -0.15) is 0 Å². The summed E-state index contributed by atoms with van der Waals surface area (Å²) in [5, 5.41) is 2.76. The Kier molecular flexibility index (Phi) is 6.01. The Hall–Kier alpha value is -1.83. The van der Waals surface area contributed by atoms with Gasteiger partial charge in [-0.1, -0.05) is 33.6 Å². The monoisotopic (exact) mass is 452 g/mol. The van der Waals surface area contributed by atoms with Gasteiger partial charge in [-0.25, -0.2) is 4.90 Å². The largest absolute Gasteiger partial charge is 0.325 e. The molecule has 0 radical (unpaired) electrons. The summed E-state index contributed by atoms with van der Waals surface area (Å²) in [7, 11) is 0. The van der Waals surface area contributed by atoms with Crippen molar-refractivity contribution in [3.05, 3.63) is 58.0 Å². The van der Waals surface area contributed by atoms with Crippen LogP contribution < -0.4 is 10.2 Å². The van der Waals surface area contributed by atoms with Gasteiger partial charge >= 0.3 is 0 Å². The zero-order valence-corrected chi connectivity index (χ0v) is 16.6. The summed E-state index contributed by atoms with van der Waals surface area (Å²) in [5.74, 6) is -0.710. The molecule has 2 aromatic carbocycles. The molecule has 1 aliphatic heterocycles. The van der Waals surface area contributed by atoms with Crippen molar-refractivity contribution in [3.8, 4) is 0 Å². The number of benzene rings is 2. The summed E-state index contributed by atoms with van der Waals surface area (Å²) in [4.78, 5) is 38.0. The summed E-state index contributed by atoms with van der Waals surface area (Å²) in [6.45, 7) is 0. The minimum absolute atomic E-state index is 0.0820. The molecular weight excluding hydrogens is 440 g/mol. The van der Waals surface area contributed by atoms with E-state index in [1.54, 1.807) is 42.5 Å². The lowest BCUT2D eigenvalue weighted by atomic mass is 10.3. The molecule has 26 heavy (non-hydrogen) atoms. The number of anilines is 2. The van der Waals surface area contributed by atoms with Crippen molar-refractivity contribution in [3.63, 3.8) is 0 Å². The van der Waals surface area contributed by atoms with Crippen molar-refractivity contribution in [2.75, 3.05) is 16.0 Å². The molecule has 1 atom stereocenters. The SMILES string of the molecule is O=C(CSC1CC(=O)N(c2cccc(Br)c2)C1=O)Nc1ccc(Cl)cc1. The van der Waals surface area contributed by atoms with E-state index < -0.39 is 5.25 Å². The number of hydrogen-bond acceptors (Lipinski definition) is 4. The second kappa shape index (κ2) is 8.24. The molecule has 1 saturated heterocycles. The van der Waals surface area contributed by atoms with Gasteiger partial charge in [0, 0.05) is 21.6 Å². The van der Waals surface area contributed by atoms with Crippen LogP contribution >= 0.6 is 39.3 Å². The van der Waals surface area contributed by atoms with Crippen LogP contribution in [0.1, 0.15) is 6.42 Å². The summed E-state index contributed by atoms with van der Waals surface area (Å²) in [5.41, 5.74) is 1.16. The van der Waals surface area contributed by atoms with Crippen molar-refractivity contribution in [2.45, 2.75) is 11.7 Å². The smallest absolute Gasteiger partial charge is 0.247 e. The van der Waals surface area contributed by atoms with Crippen molar-refractivity contribution in [2.24, 2.45) is 0 Å². The van der Waals surface area contributed by atoms with Gasteiger partial charge in [-0.3, -0.25) is 14.4 Å². The Balaban J connectivity index is 1.59. The number of amides is 3. The van der Waals surface area contributed by atoms with Crippen molar-refractivity contribution >= 4 is 68.4 Å². The van der Waals surface area contributed by atoms with Crippen LogP contribution in [-0.4, -0.2) is 28.7 Å². The highest BCUT2D eigenvalue weighted by Crippen LogP contribution is 2.31. The lowest BCUT2D eigenvalue weighted by molar-refractivity contribution is -0.121. The van der Waals surface area contributed by atoms with Crippen LogP contribution in [0.25, 0.3) is 0 Å². The van der Waals surface area contributed by atoms with E-state index in [1.807, 2.05) is 6.07 Å². The first kappa shape index (κ1) is 18.9. The average Bonchev–Trinajstić information content (AvgIpc) is 2.89. The Morgan fingerprint density at radius 3 is 2.65 bits per heavy atom. The summed E-state index contributed by atoms with van der Waals surface area (Å²) < 4.78 is 0.786. The third-order valence-corrected chi connectivity index (χ3v) is 5.66. The Morgan fingerprint density at radius 2 is 1.96 bits per heavy atom. The fraction of sp³-hybridized carbons (Fsp3) is 0.167. The fourth-order valence-electron chi connectivity index (χ4n) is 2.53. The zero-order valence-electron chi connectivity index (χ0n) is 13.4. The van der Waals surface area contributed by atoms with E-state index in [0.29, 0.717) is 16.4 Å². The van der Waals surface area contributed by atoms with Crippen LogP contribution in [0.3, 0.4) is 0 Å². The first-order valence-corrected chi connectivity index (χ1v) is 9.95. The number of thioether (sulfide) groups is 1. The van der Waals surface area contributed by atoms with Gasteiger partial charge in [0.15, 0.2) is 0 Å². The van der Waals surface area contributed by atoms with Gasteiger partial charge in [-0.05, 0) is 42.5 Å². The van der Waals surface area contributed by atoms with Crippen LogP contribution in [0.4, 0.5) is 11.4 Å². The lowest BCUT2D eigenvalue weighted by Gasteiger charge is -2.15. The third kappa shape index (κ3) is 4.47. The van der Waals surface area contributed by atoms with E-state index in [2.05, 4.69) is 21.2 Å². The normalized spacial score (nSPS) is 16.8. The molecule has 134 valence electrons. The molecule has 1 fully saturated rings. The molecule has 8 heteroatoms. The number of carbonyl (C=O) groups is 3. The molecule has 0 saturated carbocycles. The number of nitrogens with one attached hydrogen (secondary N) is 1. The van der Waals surface area contributed by atoms with Crippen LogP contribution in [-0.2, 0) is 14.4 Å². The number of carbonyl (C=O) groups excluding carboxylic acids is 3. The highest BCUT2D eigenvalue weighted by atomic mass is 79.9. The Labute approximate surface area is 168 Å². The molecule has 1 aliphatic rings. The molecule has 1 heterocycles. The molecule has 5 nitrogen and oxygen atoms in total. The minimum atomic E-state index is -0.558. The average molecular weight is 454 g/mol. The van der Waals surface area contributed by atoms with E-state index in [-0.39, 0.29) is 29.9 Å². The highest BCUT2D eigenvalue weighted by Gasteiger charge is 2.40. The second-order valence-electron chi connectivity index (χ2n) is 5.61. The maximum Gasteiger partial charge on any atom is 0.247 e. The van der Waals surface area contributed by atoms with E-state index in [9.17, 15) is 14.4 Å². The molecule has 3 rings (SSSR count). The molecule has 2 aromatic rings. The zero-order chi connectivity index (χ0) is 18.7. The number of rotatable bonds is 5. The summed E-state index contributed by atoms with van der Waals surface area (Å²) >= 11 is 10.3. The van der Waals surface area contributed by atoms with E-state index in [4.69, 9.17) is 11.6 Å². The molecule has 0 spiro atoms. The standard InChI is InChI=1S/C18H14BrClN2O3S/c19-11-2-1-3-14(8-11)22-17(24)9-15(18(22)25)26-10-16(23)21-13-6-4-12(20)5-7-13/h1-8,15H,9-10H2,(H,21,23). The topological polar surface area (TPSA) is 66.5 Å². The van der Waals surface area contributed by atoms with Crippen molar-refractivity contribution < 1.29 is 14.4 Å². The van der Waals surface area contributed by atoms with Crippen LogP contribution in [0.15, 0.2) is 53.0 Å². The van der Waals surface area contributed by atoms with Crippen molar-refractivity contribution in [1.82, 2.24) is 0 Å². The van der Waals surface area contributed by atoms with Gasteiger partial charge in [-0.15, -0.1) is 11.8 Å². The van der Waals surface area contributed by atoms with Gasteiger partial charge < -0.3 is 5.32 Å². The van der Waals surface area contributed by atoms with Gasteiger partial charge in [0.05, 0.1) is 16.7 Å². The molecule has 0 bridgehead atoms. The van der Waals surface area contributed by atoms with Gasteiger partial charge in [0.25, 0.3) is 0 Å². The quantitative estimate of drug-likeness (QED) is 0.692. The third-order valence-electron chi connectivity index (χ3n) is 3.72. The van der Waals surface area contributed by atoms with Crippen LogP contribution in [0.2, 0.25) is 5.02 Å². The highest BCUT2D eigenvalue weighted by molar-refractivity contribution is 9.10. The van der Waals surface area contributed by atoms with Crippen LogP contribution in [0, 0.1) is 0 Å². The van der Waals surface area contributed by atoms with Crippen molar-refractivity contribution in [1.29, 1.82) is 0 Å². The molecule has 0 aliphatic carbocycles. The molecule has 0 aromatic heterocycles. The first-order chi connectivity index (χ1) is 12.4. The predicted molar refractivity (Wildman–Crippen MR) is 108 cm³/mol. The number of imide groups is 1. The molecule has 1 N–H and O–H groups in total. The number of hydrogen-bond donors (Lipinski definition) is 1. The lowest BCUT2D eigenvalue weighted by Crippen LogP contribution is -2.31. The van der Waals surface area contributed by atoms with Gasteiger partial charge in [0.2, 0.25) is 17.7 Å². The summed E-state index contributed by atoms with van der Waals surface area (Å²) in [6, 6.07) is 13.8. The maximum absolute atomic E-state index is 12.6. The second-order valence-corrected chi connectivity index (χ2v) is 8.15. The van der Waals surface area contributed by atoms with E-state index in [0.717, 1.165) is 4.47 Å². The minimum Gasteiger partial charge on any atom is -0.325 e. The van der Waals surface area contributed by atoms with Crippen LogP contribution in [0.5, 0.6) is 0 Å². The predicted octanol–water partition coefficient (Wildman–Crippen LogP) is 4.11. The molecule has 1 unspecified atom stereocenters. The Morgan fingerprint density at radius 1 is 1.23 bits per heavy atom.